The number of hydrogen-bond acceptors (Lipinski definition) is 39. The minimum atomic E-state index is -2.27. The molecule has 0 spiro atoms. The molecular weight excluding hydrogens is 1260 g/mol. The first-order valence-corrected chi connectivity index (χ1v) is 30.4. The number of aliphatic hydroxyl groups excluding tert-OH is 19. The molecule has 0 radical (unpaired) electrons. The first kappa shape index (κ1) is 73.1. The smallest absolute Gasteiger partial charge is 0.321 e. The van der Waals surface area contributed by atoms with Crippen molar-refractivity contribution in [3.05, 3.63) is 0 Å². The van der Waals surface area contributed by atoms with Gasteiger partial charge in [0.15, 0.2) is 44.0 Å². The van der Waals surface area contributed by atoms with E-state index in [1.165, 1.54) is 0 Å². The van der Waals surface area contributed by atoms with Crippen LogP contribution >= 0.6 is 23.5 Å². The second kappa shape index (κ2) is 31.9. The summed E-state index contributed by atoms with van der Waals surface area (Å²) in [4.78, 5) is 23.2. The van der Waals surface area contributed by atoms with Crippen LogP contribution in [0, 0.1) is 0 Å². The van der Waals surface area contributed by atoms with E-state index in [1.54, 1.807) is 0 Å². The molecule has 21 aliphatic rings. The molecule has 89 heavy (non-hydrogen) atoms. The molecule has 21 aliphatic heterocycles. The predicted octanol–water partition coefficient (Wildman–Crippen LogP) is -14.9. The number of carboxylic acid groups (broad SMARTS) is 2. The van der Waals surface area contributed by atoms with Gasteiger partial charge in [-0.3, -0.25) is 9.59 Å². The Labute approximate surface area is 511 Å². The van der Waals surface area contributed by atoms with Crippen LogP contribution in [-0.2, 0) is 75.9 Å². The lowest BCUT2D eigenvalue weighted by atomic mass is 9.95. The monoisotopic (exact) mass is 1340 g/mol. The number of carboxylic acids is 2. The van der Waals surface area contributed by atoms with Gasteiger partial charge in [0.05, 0.1) is 45.2 Å². The fraction of sp³-hybridized carbons (Fsp3) is 0.958. The first-order chi connectivity index (χ1) is 42.2. The van der Waals surface area contributed by atoms with Gasteiger partial charge in [0.25, 0.3) is 0 Å². The number of nitrogens with two attached hydrogens (primary N) is 2. The van der Waals surface area contributed by atoms with E-state index in [9.17, 15) is 117 Å². The van der Waals surface area contributed by atoms with Crippen molar-refractivity contribution in [2.45, 2.75) is 227 Å². The van der Waals surface area contributed by atoms with Crippen molar-refractivity contribution in [2.24, 2.45) is 11.5 Å². The van der Waals surface area contributed by atoms with E-state index < -0.39 is 284 Å². The molecule has 25 N–H and O–H groups in total. The van der Waals surface area contributed by atoms with Gasteiger partial charge < -0.3 is 185 Å². The number of aliphatic carboxylic acids is 2. The van der Waals surface area contributed by atoms with E-state index in [2.05, 4.69) is 0 Å². The fourth-order valence-corrected chi connectivity index (χ4v) is 13.2. The molecule has 39 nitrogen and oxygen atoms in total. The minimum Gasteiger partial charge on any atom is -0.480 e. The Balaban J connectivity index is 1.11. The van der Waals surface area contributed by atoms with Crippen molar-refractivity contribution in [1.82, 2.24) is 0 Å². The standard InChI is InChI=1S/C48H80N2O37S2/c49-10(40(70)71)6-88-8-17-38-25(62)32(69)48(80-17)85-37-16(5-55)76-44(28(65)21(37)58)83-35-14(3-53)78-46(30(67)23(35)60)87-39-18(9-89-7-11(50)41(72)73)79-47(31(68)24(39)61)84-36-15(4-54)75-43(27(64)20(36)57)81-33-12(1-51)74-42(26(63)19(33)56)82-34-13(2-52)77-45(86-38)29(66)22(34)59/h10-39,42-48,51-69H,1-9,49-50H2,(H,70,71)(H,72,73)/t10-,11-,12?,13?,14?,15?,16?,17?,18?,19?,20?,21-,22-,23-,24?,25-,26+,27+,28?,29?,30?,31+,32?,33-,34-,35-,36-,37-,38-,39-,42-,43-,44+,45-,46?,47+,48-/m1/s1. The van der Waals surface area contributed by atoms with E-state index in [-0.39, 0.29) is 11.5 Å². The van der Waals surface area contributed by atoms with Crippen molar-refractivity contribution in [1.29, 1.82) is 0 Å². The third-order valence-electron chi connectivity index (χ3n) is 16.2. The molecule has 37 atom stereocenters. The van der Waals surface area contributed by atoms with Gasteiger partial charge in [0.2, 0.25) is 0 Å². The Morgan fingerprint density at radius 2 is 0.438 bits per heavy atom. The third-order valence-corrected chi connectivity index (χ3v) is 18.5. The number of rotatable bonds is 15. The summed E-state index contributed by atoms with van der Waals surface area (Å²) in [6, 6.07) is -2.94. The second-order valence-electron chi connectivity index (χ2n) is 22.3. The van der Waals surface area contributed by atoms with Gasteiger partial charge in [0, 0.05) is 23.0 Å². The highest BCUT2D eigenvalue weighted by Gasteiger charge is 2.60. The molecule has 41 heteroatoms. The molecule has 516 valence electrons. The second-order valence-corrected chi connectivity index (χ2v) is 24.4. The molecule has 0 saturated carbocycles. The lowest BCUT2D eigenvalue weighted by Gasteiger charge is -2.50. The van der Waals surface area contributed by atoms with Crippen molar-refractivity contribution in [2.75, 3.05) is 56.0 Å². The maximum absolute atomic E-state index is 11.7. The van der Waals surface area contributed by atoms with Crippen molar-refractivity contribution >= 4 is 35.5 Å². The van der Waals surface area contributed by atoms with E-state index in [4.69, 9.17) is 77.8 Å². The van der Waals surface area contributed by atoms with Crippen molar-refractivity contribution in [3.8, 4) is 0 Å². The topological polar surface area (TPSA) is 640 Å². The fourth-order valence-electron chi connectivity index (χ4n) is 11.2. The molecule has 0 aromatic heterocycles. The molecule has 0 aromatic rings. The average Bonchev–Trinajstić information content (AvgIpc) is 0.884. The average molecular weight is 1340 g/mol. The predicted molar refractivity (Wildman–Crippen MR) is 280 cm³/mol. The Morgan fingerprint density at radius 3 is 0.596 bits per heavy atom. The Kier molecular flexibility index (Phi) is 26.2. The van der Waals surface area contributed by atoms with Crippen LogP contribution in [0.25, 0.3) is 0 Å². The van der Waals surface area contributed by atoms with Crippen molar-refractivity contribution < 1.29 is 183 Å². The van der Waals surface area contributed by atoms with Crippen LogP contribution in [0.2, 0.25) is 0 Å². The molecular formula is C48H80N2O37S2. The van der Waals surface area contributed by atoms with Gasteiger partial charge >= 0.3 is 11.9 Å². The Morgan fingerprint density at radius 1 is 0.281 bits per heavy atom. The van der Waals surface area contributed by atoms with Crippen molar-refractivity contribution in [3.63, 3.8) is 0 Å². The van der Waals surface area contributed by atoms with E-state index in [0.29, 0.717) is 0 Å². The maximum atomic E-state index is 11.7. The van der Waals surface area contributed by atoms with Gasteiger partial charge in [-0.15, -0.1) is 0 Å². The van der Waals surface area contributed by atoms with Gasteiger partial charge in [-0.05, 0) is 0 Å². The molecule has 0 amide bonds. The molecule has 21 heterocycles. The zero-order valence-electron chi connectivity index (χ0n) is 46.6. The lowest BCUT2D eigenvalue weighted by molar-refractivity contribution is -0.395. The molecule has 0 aromatic carbocycles. The van der Waals surface area contributed by atoms with Gasteiger partial charge in [-0.2, -0.15) is 23.5 Å². The van der Waals surface area contributed by atoms with E-state index in [0.717, 1.165) is 23.5 Å². The quantitative estimate of drug-likeness (QED) is 0.0724. The SMILES string of the molecule is N[C@H](CSCC1O[C@H]2O[C@@H]3C(CO)O[C@H](O[C@@H]4C(CO)O[C@H](O[C@@H]5C(CO)O[C@H](O[C@@H]6C(CSC[C@@H](N)C(=O)O)O[C@H](O[C@@H]7C(CO)O[C@@H](O[C@@H]8C(CO)OC(O[C@H]1C(O)[C@@H]2O)C(O)[C@H]8O)C(O)[C@H]7O)C(O)[C@H]6O)C(O)[C@H]5O)[C@@H](O)C4O)[C@@H](O)C3O)C(=O)O. The summed E-state index contributed by atoms with van der Waals surface area (Å²) in [5.41, 5.74) is 11.4. The molecule has 0 aliphatic carbocycles. The molecule has 21 fully saturated rings. The number of aliphatic hydroxyl groups is 19. The van der Waals surface area contributed by atoms with Crippen LogP contribution in [0.3, 0.4) is 0 Å². The normalized spacial score (nSPS) is 50.1. The van der Waals surface area contributed by atoms with Gasteiger partial charge in [-0.1, -0.05) is 0 Å². The molecule has 14 bridgehead atoms. The van der Waals surface area contributed by atoms with E-state index in [1.807, 2.05) is 0 Å². The summed E-state index contributed by atoms with van der Waals surface area (Å²) in [6.45, 7) is -5.43. The highest BCUT2D eigenvalue weighted by molar-refractivity contribution is 7.99. The number of thioether (sulfide) groups is 2. The summed E-state index contributed by atoms with van der Waals surface area (Å²) >= 11 is 1.60. The summed E-state index contributed by atoms with van der Waals surface area (Å²) < 4.78 is 81.6. The van der Waals surface area contributed by atoms with Crippen LogP contribution in [0.15, 0.2) is 0 Å². The molecule has 21 saturated heterocycles. The number of carbonyl (C=O) groups is 2. The molecule has 15 unspecified atom stereocenters. The zero-order valence-corrected chi connectivity index (χ0v) is 48.3. The first-order valence-electron chi connectivity index (χ1n) is 28.1. The maximum Gasteiger partial charge on any atom is 0.321 e. The highest BCUT2D eigenvalue weighted by Crippen LogP contribution is 2.40. The van der Waals surface area contributed by atoms with Crippen LogP contribution in [0.1, 0.15) is 0 Å². The summed E-state index contributed by atoms with van der Waals surface area (Å²) in [5.74, 6) is -4.26. The number of hydrogen-bond donors (Lipinski definition) is 23. The number of ether oxygens (including phenoxy) is 14. The van der Waals surface area contributed by atoms with Gasteiger partial charge in [-0.25, -0.2) is 0 Å². The third kappa shape index (κ3) is 15.9. The zero-order chi connectivity index (χ0) is 65.2. The summed E-state index contributed by atoms with van der Waals surface area (Å²) in [7, 11) is 0. The van der Waals surface area contributed by atoms with Crippen LogP contribution < -0.4 is 11.5 Å². The minimum absolute atomic E-state index is 0.319. The lowest BCUT2D eigenvalue weighted by Crippen LogP contribution is -2.68. The Hall–Kier alpha value is -1.76. The highest BCUT2D eigenvalue weighted by atomic mass is 32.2. The van der Waals surface area contributed by atoms with Crippen LogP contribution in [-0.4, -0.2) is 402 Å². The summed E-state index contributed by atoms with van der Waals surface area (Å²) in [5, 5.41) is 233. The molecule has 21 rings (SSSR count). The summed E-state index contributed by atoms with van der Waals surface area (Å²) in [6.07, 6.45) is -71.4. The van der Waals surface area contributed by atoms with Crippen LogP contribution in [0.5, 0.6) is 0 Å². The largest absolute Gasteiger partial charge is 0.480 e. The van der Waals surface area contributed by atoms with E-state index >= 15 is 0 Å². The van der Waals surface area contributed by atoms with Crippen LogP contribution in [0.4, 0.5) is 0 Å². The van der Waals surface area contributed by atoms with Gasteiger partial charge in [0.1, 0.15) is 171 Å². The Bertz CT molecular complexity index is 2200.